The van der Waals surface area contributed by atoms with E-state index >= 15 is 0 Å². The van der Waals surface area contributed by atoms with E-state index in [2.05, 4.69) is 5.32 Å². The Morgan fingerprint density at radius 3 is 2.25 bits per heavy atom. The lowest BCUT2D eigenvalue weighted by molar-refractivity contribution is -0.121. The molecule has 0 aliphatic rings. The largest absolute Gasteiger partial charge is 0.494 e. The molecule has 1 unspecified atom stereocenters. The molecule has 0 saturated heterocycles. The van der Waals surface area contributed by atoms with Crippen molar-refractivity contribution in [2.24, 2.45) is 0 Å². The summed E-state index contributed by atoms with van der Waals surface area (Å²) in [6.45, 7) is 2.99. The van der Waals surface area contributed by atoms with Crippen LogP contribution in [0.25, 0.3) is 0 Å². The highest BCUT2D eigenvalue weighted by atomic mass is 19.1. The fourth-order valence-corrected chi connectivity index (χ4v) is 2.86. The van der Waals surface area contributed by atoms with Gasteiger partial charge in [0, 0.05) is 24.9 Å². The fourth-order valence-electron chi connectivity index (χ4n) is 2.86. The lowest BCUT2D eigenvalue weighted by Crippen LogP contribution is -2.34. The van der Waals surface area contributed by atoms with Crippen molar-refractivity contribution in [2.75, 3.05) is 27.2 Å². The molecule has 2 rings (SSSR count). The Hall–Kier alpha value is -2.73. The molecule has 1 N–H and O–H groups in total. The predicted molar refractivity (Wildman–Crippen MR) is 107 cm³/mol. The molecule has 0 spiro atoms. The molecule has 28 heavy (non-hydrogen) atoms. The van der Waals surface area contributed by atoms with Crippen molar-refractivity contribution in [3.05, 3.63) is 65.5 Å². The average Bonchev–Trinajstić information content (AvgIpc) is 2.68. The molecule has 1 atom stereocenters. The number of Topliss-reactive ketones (excluding diaryl/α,β-unsaturated/α-hetero) is 1. The molecule has 6 heteroatoms. The van der Waals surface area contributed by atoms with Gasteiger partial charge in [-0.2, -0.15) is 0 Å². The summed E-state index contributed by atoms with van der Waals surface area (Å²) in [6.07, 6.45) is 0.187. The lowest BCUT2D eigenvalue weighted by atomic mass is 10.0. The Balaban J connectivity index is 1.86. The molecule has 2 aromatic rings. The van der Waals surface area contributed by atoms with E-state index in [1.165, 1.54) is 24.3 Å². The Morgan fingerprint density at radius 2 is 1.68 bits per heavy atom. The first kappa shape index (κ1) is 21.6. The summed E-state index contributed by atoms with van der Waals surface area (Å²) in [5.41, 5.74) is 1.48. The third-order valence-corrected chi connectivity index (χ3v) is 4.44. The monoisotopic (exact) mass is 386 g/mol. The number of benzene rings is 2. The second-order valence-electron chi connectivity index (χ2n) is 6.72. The van der Waals surface area contributed by atoms with Gasteiger partial charge in [0.15, 0.2) is 5.78 Å². The zero-order chi connectivity index (χ0) is 20.5. The van der Waals surface area contributed by atoms with E-state index in [9.17, 15) is 14.0 Å². The number of amides is 1. The van der Waals surface area contributed by atoms with E-state index in [-0.39, 0.29) is 30.6 Å². The first-order valence-corrected chi connectivity index (χ1v) is 9.35. The fraction of sp³-hybridized carbons (Fsp3) is 0.364. The van der Waals surface area contributed by atoms with Crippen molar-refractivity contribution in [1.82, 2.24) is 10.2 Å². The first-order chi connectivity index (χ1) is 13.4. The van der Waals surface area contributed by atoms with E-state index in [0.717, 1.165) is 11.3 Å². The Bertz CT molecular complexity index is 773. The van der Waals surface area contributed by atoms with Gasteiger partial charge >= 0.3 is 0 Å². The number of likely N-dealkylation sites (N-methyl/N-ethyl adjacent to an activating group) is 1. The molecular formula is C22H27FN2O3. The Morgan fingerprint density at radius 1 is 1.04 bits per heavy atom. The number of carbonyl (C=O) groups excluding carboxylic acids is 2. The van der Waals surface area contributed by atoms with Crippen LogP contribution in [0.5, 0.6) is 5.75 Å². The molecule has 0 heterocycles. The highest BCUT2D eigenvalue weighted by Crippen LogP contribution is 2.21. The number of nitrogens with one attached hydrogen (secondary N) is 1. The van der Waals surface area contributed by atoms with Crippen LogP contribution in [-0.2, 0) is 4.79 Å². The van der Waals surface area contributed by atoms with Crippen molar-refractivity contribution in [2.45, 2.75) is 25.8 Å². The van der Waals surface area contributed by atoms with Crippen LogP contribution in [0.4, 0.5) is 4.39 Å². The van der Waals surface area contributed by atoms with Crippen LogP contribution in [0.2, 0.25) is 0 Å². The molecular weight excluding hydrogens is 359 g/mol. The number of hydrogen-bond donors (Lipinski definition) is 1. The topological polar surface area (TPSA) is 58.6 Å². The number of halogens is 1. The third-order valence-electron chi connectivity index (χ3n) is 4.44. The van der Waals surface area contributed by atoms with Crippen LogP contribution in [0.1, 0.15) is 41.7 Å². The van der Waals surface area contributed by atoms with Crippen LogP contribution < -0.4 is 10.1 Å². The van der Waals surface area contributed by atoms with Gasteiger partial charge in [0.05, 0.1) is 12.6 Å². The number of rotatable bonds is 10. The minimum atomic E-state index is -0.390. The summed E-state index contributed by atoms with van der Waals surface area (Å²) in [4.78, 5) is 26.3. The van der Waals surface area contributed by atoms with E-state index in [4.69, 9.17) is 4.74 Å². The maximum Gasteiger partial charge on any atom is 0.220 e. The highest BCUT2D eigenvalue weighted by molar-refractivity contribution is 5.97. The normalized spacial score (nSPS) is 11.9. The maximum atomic E-state index is 12.9. The summed E-state index contributed by atoms with van der Waals surface area (Å²) >= 11 is 0. The second-order valence-corrected chi connectivity index (χ2v) is 6.72. The quantitative estimate of drug-likeness (QED) is 0.634. The van der Waals surface area contributed by atoms with Gasteiger partial charge in [0.1, 0.15) is 11.6 Å². The van der Waals surface area contributed by atoms with Crippen LogP contribution in [0.15, 0.2) is 48.5 Å². The average molecular weight is 386 g/mol. The molecule has 0 fully saturated rings. The highest BCUT2D eigenvalue weighted by Gasteiger charge is 2.16. The van der Waals surface area contributed by atoms with Gasteiger partial charge in [0.25, 0.3) is 0 Å². The molecule has 150 valence electrons. The van der Waals surface area contributed by atoms with Crippen LogP contribution in [0.3, 0.4) is 0 Å². The SMILES string of the molecule is CCOc1ccc(C(CNC(=O)CCC(=O)c2ccc(F)cc2)N(C)C)cc1. The van der Waals surface area contributed by atoms with Gasteiger partial charge in [-0.3, -0.25) is 9.59 Å². The van der Waals surface area contributed by atoms with E-state index in [0.29, 0.717) is 18.7 Å². The van der Waals surface area contributed by atoms with Gasteiger partial charge in [-0.1, -0.05) is 12.1 Å². The zero-order valence-corrected chi connectivity index (χ0v) is 16.6. The minimum Gasteiger partial charge on any atom is -0.494 e. The summed E-state index contributed by atoms with van der Waals surface area (Å²) in [5.74, 6) is 0.0597. The molecule has 0 saturated carbocycles. The third kappa shape index (κ3) is 6.46. The molecule has 2 aromatic carbocycles. The van der Waals surface area contributed by atoms with E-state index in [1.807, 2.05) is 50.2 Å². The molecule has 0 bridgehead atoms. The zero-order valence-electron chi connectivity index (χ0n) is 16.6. The van der Waals surface area contributed by atoms with Crippen LogP contribution >= 0.6 is 0 Å². The van der Waals surface area contributed by atoms with Gasteiger partial charge < -0.3 is 15.0 Å². The number of ether oxygens (including phenoxy) is 1. The number of hydrogen-bond acceptors (Lipinski definition) is 4. The molecule has 0 aromatic heterocycles. The minimum absolute atomic E-state index is 0.00688. The molecule has 0 radical (unpaired) electrons. The van der Waals surface area contributed by atoms with Gasteiger partial charge in [-0.05, 0) is 63.0 Å². The summed E-state index contributed by atoms with van der Waals surface area (Å²) < 4.78 is 18.4. The van der Waals surface area contributed by atoms with Crippen LogP contribution in [-0.4, -0.2) is 43.8 Å². The Labute approximate surface area is 165 Å². The van der Waals surface area contributed by atoms with Gasteiger partial charge in [-0.15, -0.1) is 0 Å². The number of nitrogens with zero attached hydrogens (tertiary/aromatic N) is 1. The molecule has 0 aliphatic carbocycles. The van der Waals surface area contributed by atoms with Crippen molar-refractivity contribution < 1.29 is 18.7 Å². The van der Waals surface area contributed by atoms with Crippen molar-refractivity contribution in [1.29, 1.82) is 0 Å². The number of carbonyl (C=O) groups is 2. The second kappa shape index (κ2) is 10.6. The van der Waals surface area contributed by atoms with Crippen molar-refractivity contribution in [3.8, 4) is 5.75 Å². The smallest absolute Gasteiger partial charge is 0.220 e. The molecule has 1 amide bonds. The van der Waals surface area contributed by atoms with Crippen molar-refractivity contribution in [3.63, 3.8) is 0 Å². The molecule has 0 aliphatic heterocycles. The van der Waals surface area contributed by atoms with E-state index in [1.54, 1.807) is 0 Å². The predicted octanol–water partition coefficient (Wildman–Crippen LogP) is 3.61. The van der Waals surface area contributed by atoms with Gasteiger partial charge in [-0.25, -0.2) is 4.39 Å². The van der Waals surface area contributed by atoms with E-state index < -0.39 is 5.82 Å². The summed E-state index contributed by atoms with van der Waals surface area (Å²) in [7, 11) is 3.90. The van der Waals surface area contributed by atoms with Crippen LogP contribution in [0, 0.1) is 5.82 Å². The van der Waals surface area contributed by atoms with Crippen molar-refractivity contribution >= 4 is 11.7 Å². The van der Waals surface area contributed by atoms with Gasteiger partial charge in [0.2, 0.25) is 5.91 Å². The summed E-state index contributed by atoms with van der Waals surface area (Å²) in [5, 5.41) is 2.89. The maximum absolute atomic E-state index is 12.9. The lowest BCUT2D eigenvalue weighted by Gasteiger charge is -2.25. The number of ketones is 1. The summed E-state index contributed by atoms with van der Waals surface area (Å²) in [6, 6.07) is 13.2. The first-order valence-electron chi connectivity index (χ1n) is 9.35. The Kier molecular flexibility index (Phi) is 8.14. The standard InChI is InChI=1S/C22H27FN2O3/c1-4-28-19-11-7-16(8-12-19)20(25(2)3)15-24-22(27)14-13-21(26)17-5-9-18(23)10-6-17/h5-12,20H,4,13-15H2,1-3H3,(H,24,27). The molecule has 5 nitrogen and oxygen atoms in total.